The van der Waals surface area contributed by atoms with Gasteiger partial charge in [0.05, 0.1) is 0 Å². The maximum atomic E-state index is 3.87. The summed E-state index contributed by atoms with van der Waals surface area (Å²) in [6.45, 7) is 13.0. The van der Waals surface area contributed by atoms with Gasteiger partial charge in [0.15, 0.2) is 0 Å². The summed E-state index contributed by atoms with van der Waals surface area (Å²) in [4.78, 5) is 1.50. The quantitative estimate of drug-likeness (QED) is 0.713. The number of nitrogens with one attached hydrogen (secondary N) is 1. The van der Waals surface area contributed by atoms with E-state index in [1.165, 1.54) is 37.0 Å². The van der Waals surface area contributed by atoms with Crippen molar-refractivity contribution in [1.82, 2.24) is 5.32 Å². The predicted octanol–water partition coefficient (Wildman–Crippen LogP) is 5.61. The Morgan fingerprint density at radius 2 is 1.86 bits per heavy atom. The first-order valence-corrected chi connectivity index (χ1v) is 9.44. The molecule has 21 heavy (non-hydrogen) atoms. The van der Waals surface area contributed by atoms with E-state index in [1.54, 1.807) is 0 Å². The van der Waals surface area contributed by atoms with Crippen LogP contribution in [0.25, 0.3) is 0 Å². The van der Waals surface area contributed by atoms with E-state index in [2.05, 4.69) is 57.4 Å². The van der Waals surface area contributed by atoms with Crippen LogP contribution < -0.4 is 5.32 Å². The highest BCUT2D eigenvalue weighted by molar-refractivity contribution is 7.10. The summed E-state index contributed by atoms with van der Waals surface area (Å²) in [5.74, 6) is 0.898. The lowest BCUT2D eigenvalue weighted by Gasteiger charge is -2.30. The summed E-state index contributed by atoms with van der Waals surface area (Å²) in [5.41, 5.74) is 0.731. The van der Waals surface area contributed by atoms with Crippen LogP contribution in [0.1, 0.15) is 71.6 Å². The van der Waals surface area contributed by atoms with Crippen molar-refractivity contribution in [2.75, 3.05) is 6.54 Å². The molecule has 1 nitrogen and oxygen atoms in total. The van der Waals surface area contributed by atoms with Crippen molar-refractivity contribution < 1.29 is 0 Å². The standard InChI is InChI=1S/C19H33NS/c1-18(2,3)15-8-6-9-16(12-11-15)20-14-19(4,5)17-10-7-13-21-17/h7,10,13,15-16,20H,6,8-9,11-12,14H2,1-5H3. The monoisotopic (exact) mass is 307 g/mol. The molecule has 1 heterocycles. The van der Waals surface area contributed by atoms with Crippen molar-refractivity contribution >= 4 is 11.3 Å². The molecule has 1 aromatic rings. The van der Waals surface area contributed by atoms with Gasteiger partial charge < -0.3 is 5.32 Å². The molecule has 0 saturated heterocycles. The van der Waals surface area contributed by atoms with Gasteiger partial charge in [-0.05, 0) is 48.5 Å². The molecule has 1 aliphatic carbocycles. The number of thiophene rings is 1. The minimum Gasteiger partial charge on any atom is -0.313 e. The zero-order valence-corrected chi connectivity index (χ0v) is 15.4. The van der Waals surface area contributed by atoms with Gasteiger partial charge in [0, 0.05) is 22.9 Å². The summed E-state index contributed by atoms with van der Waals surface area (Å²) in [5, 5.41) is 6.06. The van der Waals surface area contributed by atoms with Crippen molar-refractivity contribution in [3.63, 3.8) is 0 Å². The molecule has 1 N–H and O–H groups in total. The number of hydrogen-bond acceptors (Lipinski definition) is 2. The van der Waals surface area contributed by atoms with E-state index in [4.69, 9.17) is 0 Å². The molecule has 1 aromatic heterocycles. The van der Waals surface area contributed by atoms with Crippen molar-refractivity contribution in [2.45, 2.75) is 78.2 Å². The van der Waals surface area contributed by atoms with E-state index in [0.29, 0.717) is 5.41 Å². The minimum absolute atomic E-state index is 0.254. The first-order chi connectivity index (χ1) is 9.79. The number of hydrogen-bond donors (Lipinski definition) is 1. The van der Waals surface area contributed by atoms with Crippen LogP contribution in [0.5, 0.6) is 0 Å². The van der Waals surface area contributed by atoms with Gasteiger partial charge in [0.1, 0.15) is 0 Å². The first kappa shape index (κ1) is 17.0. The highest BCUT2D eigenvalue weighted by Gasteiger charge is 2.29. The summed E-state index contributed by atoms with van der Waals surface area (Å²) >= 11 is 1.88. The van der Waals surface area contributed by atoms with Crippen LogP contribution in [0, 0.1) is 11.3 Å². The number of rotatable bonds is 4. The van der Waals surface area contributed by atoms with E-state index in [9.17, 15) is 0 Å². The topological polar surface area (TPSA) is 12.0 Å². The lowest BCUT2D eigenvalue weighted by molar-refractivity contribution is 0.213. The largest absolute Gasteiger partial charge is 0.313 e. The average molecular weight is 308 g/mol. The molecule has 2 rings (SSSR count). The molecular weight excluding hydrogens is 274 g/mol. The Labute approximate surface area is 135 Å². The third-order valence-electron chi connectivity index (χ3n) is 5.21. The molecule has 1 aliphatic rings. The molecular formula is C19H33NS. The van der Waals surface area contributed by atoms with Crippen LogP contribution >= 0.6 is 11.3 Å². The molecule has 0 aliphatic heterocycles. The molecule has 0 bridgehead atoms. The van der Waals surface area contributed by atoms with Crippen LogP contribution in [0.4, 0.5) is 0 Å². The van der Waals surface area contributed by atoms with E-state index in [0.717, 1.165) is 18.5 Å². The molecule has 0 amide bonds. The van der Waals surface area contributed by atoms with Crippen molar-refractivity contribution in [3.8, 4) is 0 Å². The summed E-state index contributed by atoms with van der Waals surface area (Å²) in [6, 6.07) is 5.16. The molecule has 0 radical (unpaired) electrons. The van der Waals surface area contributed by atoms with Gasteiger partial charge in [0.2, 0.25) is 0 Å². The Hall–Kier alpha value is -0.340. The fourth-order valence-corrected chi connectivity index (χ4v) is 4.37. The predicted molar refractivity (Wildman–Crippen MR) is 95.2 cm³/mol. The second kappa shape index (κ2) is 6.83. The third kappa shape index (κ3) is 4.82. The van der Waals surface area contributed by atoms with Gasteiger partial charge in [-0.25, -0.2) is 0 Å². The van der Waals surface area contributed by atoms with Crippen LogP contribution in [0.15, 0.2) is 17.5 Å². The van der Waals surface area contributed by atoms with Gasteiger partial charge in [-0.2, -0.15) is 0 Å². The minimum atomic E-state index is 0.254. The zero-order valence-electron chi connectivity index (χ0n) is 14.5. The second-order valence-corrected chi connectivity index (χ2v) is 9.46. The van der Waals surface area contributed by atoms with Crippen molar-refractivity contribution in [2.24, 2.45) is 11.3 Å². The summed E-state index contributed by atoms with van der Waals surface area (Å²) in [6.07, 6.45) is 6.89. The lowest BCUT2D eigenvalue weighted by Crippen LogP contribution is -2.38. The Kier molecular flexibility index (Phi) is 5.54. The maximum Gasteiger partial charge on any atom is 0.0115 e. The van der Waals surface area contributed by atoms with E-state index in [-0.39, 0.29) is 5.41 Å². The molecule has 2 atom stereocenters. The maximum absolute atomic E-state index is 3.87. The SMILES string of the molecule is CC(C)(CNC1CCCC(C(C)(C)C)CC1)c1cccs1. The Bertz CT molecular complexity index is 413. The summed E-state index contributed by atoms with van der Waals surface area (Å²) in [7, 11) is 0. The molecule has 0 aromatic carbocycles. The Morgan fingerprint density at radius 1 is 1.10 bits per heavy atom. The Morgan fingerprint density at radius 3 is 2.48 bits per heavy atom. The molecule has 1 saturated carbocycles. The molecule has 0 spiro atoms. The van der Waals surface area contributed by atoms with E-state index in [1.807, 2.05) is 11.3 Å². The van der Waals surface area contributed by atoms with Crippen molar-refractivity contribution in [3.05, 3.63) is 22.4 Å². The highest BCUT2D eigenvalue weighted by atomic mass is 32.1. The van der Waals surface area contributed by atoms with Gasteiger partial charge in [-0.1, -0.05) is 47.1 Å². The summed E-state index contributed by atoms with van der Waals surface area (Å²) < 4.78 is 0. The fourth-order valence-electron chi connectivity index (χ4n) is 3.52. The fraction of sp³-hybridized carbons (Fsp3) is 0.789. The molecule has 1 fully saturated rings. The highest BCUT2D eigenvalue weighted by Crippen LogP contribution is 2.37. The molecule has 2 heteroatoms. The first-order valence-electron chi connectivity index (χ1n) is 8.56. The lowest BCUT2D eigenvalue weighted by atomic mass is 9.76. The smallest absolute Gasteiger partial charge is 0.0115 e. The third-order valence-corrected chi connectivity index (χ3v) is 6.45. The van der Waals surface area contributed by atoms with E-state index >= 15 is 0 Å². The normalized spacial score (nSPS) is 24.8. The van der Waals surface area contributed by atoms with Crippen LogP contribution in [-0.4, -0.2) is 12.6 Å². The molecule has 2 unspecified atom stereocenters. The van der Waals surface area contributed by atoms with Crippen molar-refractivity contribution in [1.29, 1.82) is 0 Å². The van der Waals surface area contributed by atoms with Gasteiger partial charge >= 0.3 is 0 Å². The second-order valence-electron chi connectivity index (χ2n) is 8.51. The van der Waals surface area contributed by atoms with Crippen LogP contribution in [0.2, 0.25) is 0 Å². The zero-order chi connectivity index (χ0) is 15.5. The van der Waals surface area contributed by atoms with Gasteiger partial charge in [-0.3, -0.25) is 0 Å². The van der Waals surface area contributed by atoms with Crippen LogP contribution in [-0.2, 0) is 5.41 Å². The van der Waals surface area contributed by atoms with E-state index < -0.39 is 0 Å². The van der Waals surface area contributed by atoms with Gasteiger partial charge in [0.25, 0.3) is 0 Å². The van der Waals surface area contributed by atoms with Crippen LogP contribution in [0.3, 0.4) is 0 Å². The molecule has 120 valence electrons. The average Bonchev–Trinajstić information content (AvgIpc) is 2.82. The Balaban J connectivity index is 1.84. The van der Waals surface area contributed by atoms with Gasteiger partial charge in [-0.15, -0.1) is 11.3 Å².